The van der Waals surface area contributed by atoms with Crippen LogP contribution in [0.15, 0.2) is 42.0 Å². The van der Waals surface area contributed by atoms with Crippen molar-refractivity contribution in [2.45, 2.75) is 20.3 Å². The van der Waals surface area contributed by atoms with Crippen LogP contribution in [0.4, 0.5) is 0 Å². The van der Waals surface area contributed by atoms with E-state index in [0.717, 1.165) is 5.92 Å². The number of quaternary nitrogens is 1. The fourth-order valence-electron chi connectivity index (χ4n) is 4.37. The number of hydrogen-bond donors (Lipinski definition) is 0. The molecular formula is C20H24N+. The van der Waals surface area contributed by atoms with Crippen molar-refractivity contribution in [1.29, 1.82) is 0 Å². The van der Waals surface area contributed by atoms with Crippen molar-refractivity contribution in [2.24, 2.45) is 5.92 Å². The van der Waals surface area contributed by atoms with E-state index < -0.39 is 0 Å². The van der Waals surface area contributed by atoms with E-state index in [-0.39, 0.29) is 0 Å². The summed E-state index contributed by atoms with van der Waals surface area (Å²) in [6.07, 6.45) is 3.77. The van der Waals surface area contributed by atoms with Gasteiger partial charge in [0.1, 0.15) is 6.54 Å². The average Bonchev–Trinajstić information content (AvgIpc) is 2.91. The number of likely N-dealkylation sites (N-methyl/N-ethyl adjacent to an activating group) is 1. The predicted molar refractivity (Wildman–Crippen MR) is 90.2 cm³/mol. The second-order valence-electron chi connectivity index (χ2n) is 6.79. The normalized spacial score (nSPS) is 22.8. The van der Waals surface area contributed by atoms with Gasteiger partial charge in [0.2, 0.25) is 0 Å². The number of benzene rings is 2. The fourth-order valence-corrected chi connectivity index (χ4v) is 4.37. The molecule has 0 spiro atoms. The third-order valence-electron chi connectivity index (χ3n) is 5.85. The first-order chi connectivity index (χ1) is 10.2. The number of fused-ring (bicyclic) bond motifs is 4. The van der Waals surface area contributed by atoms with Crippen LogP contribution >= 0.6 is 0 Å². The van der Waals surface area contributed by atoms with Gasteiger partial charge in [-0.2, -0.15) is 0 Å². The van der Waals surface area contributed by atoms with Gasteiger partial charge in [-0.1, -0.05) is 36.4 Å². The molecular weight excluding hydrogens is 254 g/mol. The molecule has 1 heterocycles. The van der Waals surface area contributed by atoms with Crippen LogP contribution in [0.3, 0.4) is 0 Å². The van der Waals surface area contributed by atoms with E-state index in [0.29, 0.717) is 0 Å². The minimum atomic E-state index is 0.776. The molecule has 4 rings (SSSR count). The summed E-state index contributed by atoms with van der Waals surface area (Å²) in [6.45, 7) is 9.84. The van der Waals surface area contributed by atoms with Crippen molar-refractivity contribution < 1.29 is 4.48 Å². The fraction of sp³-hybridized carbons (Fsp3) is 0.400. The number of hydrogen-bond acceptors (Lipinski definition) is 0. The van der Waals surface area contributed by atoms with E-state index in [2.05, 4.69) is 56.3 Å². The maximum absolute atomic E-state index is 2.52. The first-order valence-electron chi connectivity index (χ1n) is 8.31. The number of likely N-dealkylation sites (tertiary alicyclic amines) is 1. The summed E-state index contributed by atoms with van der Waals surface area (Å²) in [5.41, 5.74) is 4.74. The SMILES string of the molecule is CC[N+]1(CC)CC2=Cc3c(ccc4ccccc34)C[C@@H]2C1. The van der Waals surface area contributed by atoms with E-state index in [9.17, 15) is 0 Å². The molecule has 21 heavy (non-hydrogen) atoms. The monoisotopic (exact) mass is 278 g/mol. The Kier molecular flexibility index (Phi) is 2.93. The summed E-state index contributed by atoms with van der Waals surface area (Å²) >= 11 is 0. The van der Waals surface area contributed by atoms with Gasteiger partial charge < -0.3 is 4.48 Å². The molecule has 1 atom stereocenters. The highest BCUT2D eigenvalue weighted by Crippen LogP contribution is 2.39. The lowest BCUT2D eigenvalue weighted by molar-refractivity contribution is -0.912. The van der Waals surface area contributed by atoms with Crippen LogP contribution in [0.25, 0.3) is 16.8 Å². The summed E-state index contributed by atoms with van der Waals surface area (Å²) < 4.78 is 1.28. The lowest BCUT2D eigenvalue weighted by Gasteiger charge is -2.31. The third kappa shape index (κ3) is 1.95. The van der Waals surface area contributed by atoms with Crippen LogP contribution in [-0.4, -0.2) is 30.7 Å². The lowest BCUT2D eigenvalue weighted by Crippen LogP contribution is -2.45. The van der Waals surface area contributed by atoms with Crippen LogP contribution in [0, 0.1) is 5.92 Å². The predicted octanol–water partition coefficient (Wildman–Crippen LogP) is 4.27. The summed E-state index contributed by atoms with van der Waals surface area (Å²) in [7, 11) is 0. The summed E-state index contributed by atoms with van der Waals surface area (Å²) in [5.74, 6) is 0.776. The quantitative estimate of drug-likeness (QED) is 0.720. The van der Waals surface area contributed by atoms with E-state index in [1.165, 1.54) is 53.4 Å². The zero-order valence-corrected chi connectivity index (χ0v) is 13.1. The van der Waals surface area contributed by atoms with Crippen molar-refractivity contribution >= 4 is 16.8 Å². The molecule has 0 N–H and O–H groups in total. The van der Waals surface area contributed by atoms with Crippen molar-refractivity contribution in [1.82, 2.24) is 0 Å². The van der Waals surface area contributed by atoms with Crippen LogP contribution in [0.2, 0.25) is 0 Å². The van der Waals surface area contributed by atoms with Gasteiger partial charge in [-0.25, -0.2) is 0 Å². The molecule has 0 saturated carbocycles. The molecule has 0 radical (unpaired) electrons. The van der Waals surface area contributed by atoms with Crippen LogP contribution in [0.5, 0.6) is 0 Å². The summed E-state index contributed by atoms with van der Waals surface area (Å²) in [6, 6.07) is 13.5. The maximum atomic E-state index is 2.52. The molecule has 1 aliphatic heterocycles. The van der Waals surface area contributed by atoms with Gasteiger partial charge in [0, 0.05) is 5.92 Å². The van der Waals surface area contributed by atoms with Gasteiger partial charge in [0.25, 0.3) is 0 Å². The van der Waals surface area contributed by atoms with Gasteiger partial charge >= 0.3 is 0 Å². The summed E-state index contributed by atoms with van der Waals surface area (Å²) in [4.78, 5) is 0. The Bertz CT molecular complexity index is 722. The Labute approximate surface area is 127 Å². The maximum Gasteiger partial charge on any atom is 0.101 e. The minimum absolute atomic E-state index is 0.776. The average molecular weight is 278 g/mol. The van der Waals surface area contributed by atoms with Crippen molar-refractivity contribution in [2.75, 3.05) is 26.2 Å². The lowest BCUT2D eigenvalue weighted by atomic mass is 9.83. The second kappa shape index (κ2) is 4.71. The van der Waals surface area contributed by atoms with Crippen molar-refractivity contribution in [3.8, 4) is 0 Å². The standard InChI is InChI=1S/C20H24N/c1-3-21(4-2)13-17-11-16-10-9-15-7-5-6-8-19(15)20(16)12-18(17)14-21/h5-10,12,17H,3-4,11,13-14H2,1-2H3/q+1/t17-/m1/s1. The van der Waals surface area contributed by atoms with Gasteiger partial charge in [0.05, 0.1) is 19.6 Å². The first-order valence-corrected chi connectivity index (χ1v) is 8.31. The zero-order valence-electron chi connectivity index (χ0n) is 13.1. The van der Waals surface area contributed by atoms with Gasteiger partial charge in [-0.15, -0.1) is 0 Å². The van der Waals surface area contributed by atoms with Crippen LogP contribution < -0.4 is 0 Å². The molecule has 1 heteroatoms. The van der Waals surface area contributed by atoms with Crippen LogP contribution in [-0.2, 0) is 6.42 Å². The molecule has 0 aromatic heterocycles. The van der Waals surface area contributed by atoms with E-state index in [4.69, 9.17) is 0 Å². The number of nitrogens with zero attached hydrogens (tertiary/aromatic N) is 1. The van der Waals surface area contributed by atoms with Crippen LogP contribution in [0.1, 0.15) is 25.0 Å². The van der Waals surface area contributed by atoms with E-state index in [1.807, 2.05) is 0 Å². The Morgan fingerprint density at radius 3 is 2.67 bits per heavy atom. The Balaban J connectivity index is 1.83. The largest absolute Gasteiger partial charge is 0.320 e. The summed E-state index contributed by atoms with van der Waals surface area (Å²) in [5, 5.41) is 2.80. The highest BCUT2D eigenvalue weighted by molar-refractivity contribution is 5.93. The molecule has 0 unspecified atom stereocenters. The molecule has 1 saturated heterocycles. The van der Waals surface area contributed by atoms with E-state index in [1.54, 1.807) is 11.1 Å². The molecule has 0 bridgehead atoms. The zero-order chi connectivity index (χ0) is 14.4. The molecule has 1 fully saturated rings. The Hall–Kier alpha value is -1.60. The van der Waals surface area contributed by atoms with Gasteiger partial charge in [-0.3, -0.25) is 0 Å². The smallest absolute Gasteiger partial charge is 0.101 e. The van der Waals surface area contributed by atoms with Crippen molar-refractivity contribution in [3.63, 3.8) is 0 Å². The minimum Gasteiger partial charge on any atom is -0.320 e. The Morgan fingerprint density at radius 1 is 1.05 bits per heavy atom. The number of rotatable bonds is 2. The Morgan fingerprint density at radius 2 is 1.86 bits per heavy atom. The van der Waals surface area contributed by atoms with Gasteiger partial charge in [-0.05, 0) is 53.8 Å². The second-order valence-corrected chi connectivity index (χ2v) is 6.79. The molecule has 1 aliphatic carbocycles. The third-order valence-corrected chi connectivity index (χ3v) is 5.85. The molecule has 108 valence electrons. The highest BCUT2D eigenvalue weighted by Gasteiger charge is 2.41. The first kappa shape index (κ1) is 13.1. The van der Waals surface area contributed by atoms with Gasteiger partial charge in [0.15, 0.2) is 0 Å². The molecule has 0 amide bonds. The molecule has 2 aromatic carbocycles. The molecule has 1 nitrogen and oxygen atoms in total. The van der Waals surface area contributed by atoms with Crippen molar-refractivity contribution in [3.05, 3.63) is 53.1 Å². The molecule has 2 aromatic rings. The highest BCUT2D eigenvalue weighted by atomic mass is 15.4. The topological polar surface area (TPSA) is 0 Å². The van der Waals surface area contributed by atoms with E-state index >= 15 is 0 Å². The molecule has 2 aliphatic rings.